The first-order valence-electron chi connectivity index (χ1n) is 12.5. The van der Waals surface area contributed by atoms with Gasteiger partial charge in [-0.3, -0.25) is 4.79 Å². The molecule has 0 heterocycles. The predicted octanol–water partition coefficient (Wildman–Crippen LogP) is 5.70. The zero-order chi connectivity index (χ0) is 26.1. The Hall–Kier alpha value is -1.93. The van der Waals surface area contributed by atoms with Gasteiger partial charge >= 0.3 is 5.97 Å². The molecular weight excluding hydrogens is 448 g/mol. The molecule has 0 fully saturated rings. The minimum Gasteiger partial charge on any atom is -0.497 e. The van der Waals surface area contributed by atoms with E-state index in [4.69, 9.17) is 28.4 Å². The summed E-state index contributed by atoms with van der Waals surface area (Å²) in [4.78, 5) is 12.8. The van der Waals surface area contributed by atoms with Gasteiger partial charge < -0.3 is 28.4 Å². The molecule has 0 N–H and O–H groups in total. The van der Waals surface area contributed by atoms with Crippen molar-refractivity contribution in [3.05, 3.63) is 42.5 Å². The van der Waals surface area contributed by atoms with Crippen LogP contribution in [0.3, 0.4) is 0 Å². The first kappa shape index (κ1) is 31.1. The molecule has 0 spiro atoms. The van der Waals surface area contributed by atoms with Crippen LogP contribution < -0.4 is 4.74 Å². The zero-order valence-corrected chi connectivity index (χ0v) is 22.5. The maximum absolute atomic E-state index is 12.8. The van der Waals surface area contributed by atoms with Crippen molar-refractivity contribution in [3.8, 4) is 5.75 Å². The number of carbonyl (C=O) groups is 1. The van der Waals surface area contributed by atoms with Crippen molar-refractivity contribution in [2.45, 2.75) is 90.0 Å². The van der Waals surface area contributed by atoms with Crippen LogP contribution in [0, 0.1) is 5.92 Å². The monoisotopic (exact) mass is 494 g/mol. The molecule has 0 aliphatic rings. The summed E-state index contributed by atoms with van der Waals surface area (Å²) in [6, 6.07) is 7.69. The quantitative estimate of drug-likeness (QED) is 0.131. The molecule has 0 unspecified atom stereocenters. The molecule has 1 aromatic rings. The van der Waals surface area contributed by atoms with Crippen molar-refractivity contribution in [1.29, 1.82) is 0 Å². The standard InChI is InChI=1S/C28H46O7/c1-8-10-24(34-20-22-12-14-23(30-4)15-13-22)19-27(29)35-25(11-9-2)18-26(31-5)16-21(3)17-28(32-6)33-7/h8,12-15,21,24-26,28H,1,9-11,16-20H2,2-7H3/t21-,24+,25-,26-/m0/s1. The van der Waals surface area contributed by atoms with Crippen LogP contribution in [0.15, 0.2) is 36.9 Å². The maximum Gasteiger partial charge on any atom is 0.308 e. The SMILES string of the molecule is C=CC[C@H](CC(=O)O[C@@H](CCC)C[C@H](C[C@H](C)CC(OC)OC)OC)OCc1ccc(OC)cc1. The molecule has 4 atom stereocenters. The number of carbonyl (C=O) groups excluding carboxylic acids is 1. The van der Waals surface area contributed by atoms with Gasteiger partial charge in [0.25, 0.3) is 0 Å². The number of rotatable bonds is 20. The second kappa shape index (κ2) is 18.4. The first-order chi connectivity index (χ1) is 16.9. The van der Waals surface area contributed by atoms with Crippen LogP contribution in [-0.2, 0) is 35.1 Å². The third-order valence-corrected chi connectivity index (χ3v) is 6.02. The molecule has 0 saturated heterocycles. The van der Waals surface area contributed by atoms with E-state index in [1.165, 1.54) is 0 Å². The second-order valence-corrected chi connectivity index (χ2v) is 8.98. The molecule has 0 bridgehead atoms. The number of hydrogen-bond acceptors (Lipinski definition) is 7. The third kappa shape index (κ3) is 13.1. The summed E-state index contributed by atoms with van der Waals surface area (Å²) < 4.78 is 33.4. The Bertz CT molecular complexity index is 687. The lowest BCUT2D eigenvalue weighted by atomic mass is 9.95. The van der Waals surface area contributed by atoms with Gasteiger partial charge in [-0.1, -0.05) is 38.5 Å². The highest BCUT2D eigenvalue weighted by atomic mass is 16.7. The predicted molar refractivity (Wildman–Crippen MR) is 137 cm³/mol. The van der Waals surface area contributed by atoms with Crippen LogP contribution in [0.25, 0.3) is 0 Å². The lowest BCUT2D eigenvalue weighted by Crippen LogP contribution is -2.29. The van der Waals surface area contributed by atoms with E-state index in [1.54, 1.807) is 34.5 Å². The lowest BCUT2D eigenvalue weighted by Gasteiger charge is -2.26. The Morgan fingerprint density at radius 1 is 0.943 bits per heavy atom. The summed E-state index contributed by atoms with van der Waals surface area (Å²) in [6.45, 7) is 8.45. The Morgan fingerprint density at radius 3 is 2.17 bits per heavy atom. The molecule has 0 saturated carbocycles. The highest BCUT2D eigenvalue weighted by Gasteiger charge is 2.24. The summed E-state index contributed by atoms with van der Waals surface area (Å²) in [5.41, 5.74) is 1.01. The van der Waals surface area contributed by atoms with Crippen LogP contribution in [0.4, 0.5) is 0 Å². The highest BCUT2D eigenvalue weighted by molar-refractivity contribution is 5.70. The van der Waals surface area contributed by atoms with Crippen molar-refractivity contribution in [3.63, 3.8) is 0 Å². The molecule has 0 aliphatic heterocycles. The maximum atomic E-state index is 12.8. The van der Waals surface area contributed by atoms with E-state index in [0.29, 0.717) is 25.4 Å². The molecule has 7 nitrogen and oxygen atoms in total. The fourth-order valence-corrected chi connectivity index (χ4v) is 4.04. The number of methoxy groups -OCH3 is 4. The number of esters is 1. The van der Waals surface area contributed by atoms with E-state index in [9.17, 15) is 4.79 Å². The van der Waals surface area contributed by atoms with Gasteiger partial charge in [-0.15, -0.1) is 6.58 Å². The van der Waals surface area contributed by atoms with E-state index >= 15 is 0 Å². The zero-order valence-electron chi connectivity index (χ0n) is 22.5. The molecule has 0 aliphatic carbocycles. The van der Waals surface area contributed by atoms with E-state index in [-0.39, 0.29) is 37.0 Å². The van der Waals surface area contributed by atoms with Crippen molar-refractivity contribution in [2.75, 3.05) is 28.4 Å². The Kier molecular flexibility index (Phi) is 16.3. The van der Waals surface area contributed by atoms with Gasteiger partial charge in [0.05, 0.1) is 32.3 Å². The Balaban J connectivity index is 2.62. The summed E-state index contributed by atoms with van der Waals surface area (Å²) in [5.74, 6) is 0.876. The largest absolute Gasteiger partial charge is 0.497 e. The van der Waals surface area contributed by atoms with Crippen molar-refractivity contribution in [1.82, 2.24) is 0 Å². The van der Waals surface area contributed by atoms with Gasteiger partial charge in [0.1, 0.15) is 11.9 Å². The third-order valence-electron chi connectivity index (χ3n) is 6.02. The van der Waals surface area contributed by atoms with Gasteiger partial charge in [0.2, 0.25) is 0 Å². The molecule has 0 amide bonds. The van der Waals surface area contributed by atoms with Gasteiger partial charge in [-0.2, -0.15) is 0 Å². The summed E-state index contributed by atoms with van der Waals surface area (Å²) in [5, 5.41) is 0. The van der Waals surface area contributed by atoms with E-state index in [0.717, 1.165) is 37.0 Å². The summed E-state index contributed by atoms with van der Waals surface area (Å²) in [7, 11) is 6.63. The highest BCUT2D eigenvalue weighted by Crippen LogP contribution is 2.22. The Morgan fingerprint density at radius 2 is 1.63 bits per heavy atom. The van der Waals surface area contributed by atoms with Crippen molar-refractivity contribution in [2.24, 2.45) is 5.92 Å². The van der Waals surface area contributed by atoms with E-state index in [1.807, 2.05) is 24.3 Å². The molecule has 1 aromatic carbocycles. The lowest BCUT2D eigenvalue weighted by molar-refractivity contribution is -0.154. The van der Waals surface area contributed by atoms with Crippen molar-refractivity contribution >= 4 is 5.97 Å². The molecule has 200 valence electrons. The van der Waals surface area contributed by atoms with Gasteiger partial charge in [0.15, 0.2) is 6.29 Å². The molecule has 7 heteroatoms. The number of ether oxygens (including phenoxy) is 6. The van der Waals surface area contributed by atoms with E-state index < -0.39 is 0 Å². The minimum absolute atomic E-state index is 0.0148. The first-order valence-corrected chi connectivity index (χ1v) is 12.5. The summed E-state index contributed by atoms with van der Waals surface area (Å²) in [6.07, 6.45) is 5.77. The van der Waals surface area contributed by atoms with E-state index in [2.05, 4.69) is 20.4 Å². The normalized spacial score (nSPS) is 14.8. The van der Waals surface area contributed by atoms with Gasteiger partial charge in [-0.25, -0.2) is 0 Å². The van der Waals surface area contributed by atoms with Crippen LogP contribution in [-0.4, -0.2) is 59.0 Å². The topological polar surface area (TPSA) is 72.5 Å². The molecule has 1 rings (SSSR count). The van der Waals surface area contributed by atoms with Crippen LogP contribution in [0.1, 0.15) is 64.4 Å². The minimum atomic E-state index is -0.289. The van der Waals surface area contributed by atoms with Crippen LogP contribution >= 0.6 is 0 Å². The molecular formula is C28H46O7. The van der Waals surface area contributed by atoms with Gasteiger partial charge in [0, 0.05) is 34.2 Å². The smallest absolute Gasteiger partial charge is 0.308 e. The fourth-order valence-electron chi connectivity index (χ4n) is 4.04. The summed E-state index contributed by atoms with van der Waals surface area (Å²) >= 11 is 0. The Labute approximate surface area is 212 Å². The number of benzene rings is 1. The fraction of sp³-hybridized carbons (Fsp3) is 0.679. The molecule has 0 radical (unpaired) electrons. The second-order valence-electron chi connectivity index (χ2n) is 8.98. The molecule has 0 aromatic heterocycles. The van der Waals surface area contributed by atoms with Crippen LogP contribution in [0.5, 0.6) is 5.75 Å². The van der Waals surface area contributed by atoms with Crippen LogP contribution in [0.2, 0.25) is 0 Å². The van der Waals surface area contributed by atoms with Gasteiger partial charge in [-0.05, 0) is 42.9 Å². The average Bonchev–Trinajstić information content (AvgIpc) is 2.85. The van der Waals surface area contributed by atoms with Crippen molar-refractivity contribution < 1.29 is 33.2 Å². The molecule has 35 heavy (non-hydrogen) atoms. The average molecular weight is 495 g/mol. The number of hydrogen-bond donors (Lipinski definition) is 0.